The van der Waals surface area contributed by atoms with Gasteiger partial charge in [0.1, 0.15) is 5.82 Å². The van der Waals surface area contributed by atoms with Crippen molar-refractivity contribution in [1.82, 2.24) is 14.5 Å². The second kappa shape index (κ2) is 6.58. The molecular weight excluding hydrogens is 359 g/mol. The van der Waals surface area contributed by atoms with Gasteiger partial charge in [0.25, 0.3) is 0 Å². The molecule has 2 aliphatic rings. The third-order valence-corrected chi connectivity index (χ3v) is 5.38. The van der Waals surface area contributed by atoms with E-state index in [1.165, 1.54) is 17.0 Å². The highest BCUT2D eigenvalue weighted by atomic mass is 19.4. The smallest absolute Gasteiger partial charge is 0.416 e. The minimum Gasteiger partial charge on any atom is -0.465 e. The zero-order valence-electron chi connectivity index (χ0n) is 14.6. The lowest BCUT2D eigenvalue weighted by molar-refractivity contribution is -0.137. The highest BCUT2D eigenvalue weighted by Gasteiger charge is 2.36. The number of amides is 1. The minimum atomic E-state index is -4.35. The summed E-state index contributed by atoms with van der Waals surface area (Å²) in [6.07, 6.45) is -0.324. The van der Waals surface area contributed by atoms with Crippen LogP contribution >= 0.6 is 0 Å². The van der Waals surface area contributed by atoms with Gasteiger partial charge in [0.2, 0.25) is 0 Å². The Hall–Kier alpha value is -2.51. The van der Waals surface area contributed by atoms with Gasteiger partial charge in [-0.25, -0.2) is 9.78 Å². The molecule has 1 saturated carbocycles. The van der Waals surface area contributed by atoms with Gasteiger partial charge in [-0.15, -0.1) is 0 Å². The number of aryl methyl sites for hydroxylation is 1. The molecule has 1 aromatic heterocycles. The second-order valence-electron chi connectivity index (χ2n) is 7.19. The number of nitrogens with zero attached hydrogens (tertiary/aromatic N) is 3. The van der Waals surface area contributed by atoms with Crippen LogP contribution in [0.3, 0.4) is 0 Å². The van der Waals surface area contributed by atoms with Crippen LogP contribution in [0.25, 0.3) is 0 Å². The average molecular weight is 379 g/mol. The van der Waals surface area contributed by atoms with Crippen molar-refractivity contribution in [2.75, 3.05) is 6.54 Å². The van der Waals surface area contributed by atoms with Crippen LogP contribution in [0.1, 0.15) is 53.9 Å². The summed E-state index contributed by atoms with van der Waals surface area (Å²) in [5.41, 5.74) is 0.966. The number of halogens is 3. The van der Waals surface area contributed by atoms with Crippen LogP contribution in [0.5, 0.6) is 0 Å². The summed E-state index contributed by atoms with van der Waals surface area (Å²) in [4.78, 5) is 17.6. The van der Waals surface area contributed by atoms with Crippen LogP contribution in [0.2, 0.25) is 0 Å². The van der Waals surface area contributed by atoms with E-state index in [-0.39, 0.29) is 6.04 Å². The molecule has 2 heterocycles. The molecule has 1 aliphatic carbocycles. The van der Waals surface area contributed by atoms with Gasteiger partial charge in [0.05, 0.1) is 23.5 Å². The van der Waals surface area contributed by atoms with E-state index in [1.807, 2.05) is 0 Å². The van der Waals surface area contributed by atoms with Gasteiger partial charge in [-0.05, 0) is 43.4 Å². The lowest BCUT2D eigenvalue weighted by Gasteiger charge is -2.35. The Bertz CT molecular complexity index is 841. The van der Waals surface area contributed by atoms with Crippen LogP contribution in [0.15, 0.2) is 30.5 Å². The molecule has 144 valence electrons. The van der Waals surface area contributed by atoms with Gasteiger partial charge in [0.15, 0.2) is 0 Å². The van der Waals surface area contributed by atoms with E-state index < -0.39 is 17.8 Å². The van der Waals surface area contributed by atoms with E-state index in [0.29, 0.717) is 31.8 Å². The third kappa shape index (κ3) is 3.52. The van der Waals surface area contributed by atoms with Crippen molar-refractivity contribution < 1.29 is 23.1 Å². The number of hydrogen-bond acceptors (Lipinski definition) is 2. The third-order valence-electron chi connectivity index (χ3n) is 5.38. The van der Waals surface area contributed by atoms with E-state index in [1.54, 1.807) is 6.20 Å². The maximum Gasteiger partial charge on any atom is 0.416 e. The maximum atomic E-state index is 12.7. The molecule has 4 rings (SSSR count). The first-order valence-electron chi connectivity index (χ1n) is 9.05. The van der Waals surface area contributed by atoms with Crippen molar-refractivity contribution in [3.63, 3.8) is 0 Å². The molecule has 1 N–H and O–H groups in total. The van der Waals surface area contributed by atoms with E-state index >= 15 is 0 Å². The van der Waals surface area contributed by atoms with E-state index in [0.717, 1.165) is 42.1 Å². The fraction of sp³-hybridized carbons (Fsp3) is 0.474. The highest BCUT2D eigenvalue weighted by Crippen LogP contribution is 2.42. The van der Waals surface area contributed by atoms with Crippen LogP contribution in [0, 0.1) is 0 Å². The fourth-order valence-corrected chi connectivity index (χ4v) is 3.80. The molecule has 1 atom stereocenters. The molecule has 1 aromatic carbocycles. The number of carboxylic acid groups (broad SMARTS) is 1. The van der Waals surface area contributed by atoms with Gasteiger partial charge < -0.3 is 9.67 Å². The normalized spacial score (nSPS) is 19.8. The Morgan fingerprint density at radius 1 is 1.19 bits per heavy atom. The summed E-state index contributed by atoms with van der Waals surface area (Å²) in [5.74, 6) is 1.51. The van der Waals surface area contributed by atoms with Crippen molar-refractivity contribution in [3.05, 3.63) is 53.1 Å². The largest absolute Gasteiger partial charge is 0.465 e. The molecule has 27 heavy (non-hydrogen) atoms. The Morgan fingerprint density at radius 2 is 1.89 bits per heavy atom. The highest BCUT2D eigenvalue weighted by molar-refractivity contribution is 5.66. The summed E-state index contributed by atoms with van der Waals surface area (Å²) < 4.78 is 40.2. The number of hydrogen-bond donors (Lipinski definition) is 1. The number of alkyl halides is 3. The Balaban J connectivity index is 1.53. The molecule has 0 radical (unpaired) electrons. The summed E-state index contributed by atoms with van der Waals surface area (Å²) in [6, 6.07) is 4.73. The summed E-state index contributed by atoms with van der Waals surface area (Å²) in [5, 5.41) is 9.56. The minimum absolute atomic E-state index is 0.335. The molecule has 2 aromatic rings. The number of carbonyl (C=O) groups is 1. The van der Waals surface area contributed by atoms with Gasteiger partial charge in [-0.3, -0.25) is 4.90 Å². The molecule has 8 heteroatoms. The molecular formula is C19H20F3N3O2. The first kappa shape index (κ1) is 17.9. The Morgan fingerprint density at radius 3 is 2.48 bits per heavy atom. The first-order valence-corrected chi connectivity index (χ1v) is 9.05. The fourth-order valence-electron chi connectivity index (χ4n) is 3.80. The topological polar surface area (TPSA) is 58.4 Å². The molecule has 0 spiro atoms. The van der Waals surface area contributed by atoms with Crippen molar-refractivity contribution in [1.29, 1.82) is 0 Å². The Labute approximate surface area is 154 Å². The number of fused-ring (bicyclic) bond motifs is 1. The van der Waals surface area contributed by atoms with Crippen LogP contribution < -0.4 is 0 Å². The number of aromatic nitrogens is 2. The van der Waals surface area contributed by atoms with E-state index in [2.05, 4.69) is 9.55 Å². The van der Waals surface area contributed by atoms with Crippen molar-refractivity contribution in [2.24, 2.45) is 0 Å². The molecule has 5 nitrogen and oxygen atoms in total. The first-order chi connectivity index (χ1) is 12.8. The maximum absolute atomic E-state index is 12.7. The molecule has 1 aliphatic heterocycles. The monoisotopic (exact) mass is 379 g/mol. The van der Waals surface area contributed by atoms with Crippen LogP contribution in [0.4, 0.5) is 18.0 Å². The van der Waals surface area contributed by atoms with Gasteiger partial charge in [-0.2, -0.15) is 13.2 Å². The lowest BCUT2D eigenvalue weighted by Crippen LogP contribution is -2.41. The van der Waals surface area contributed by atoms with Gasteiger partial charge in [0, 0.05) is 19.0 Å². The van der Waals surface area contributed by atoms with Crippen molar-refractivity contribution in [3.8, 4) is 0 Å². The molecule has 1 amide bonds. The summed E-state index contributed by atoms with van der Waals surface area (Å²) in [6.45, 7) is 1.00. The van der Waals surface area contributed by atoms with Crippen molar-refractivity contribution in [2.45, 2.75) is 50.4 Å². The summed E-state index contributed by atoms with van der Waals surface area (Å²) >= 11 is 0. The van der Waals surface area contributed by atoms with Crippen LogP contribution in [-0.4, -0.2) is 32.2 Å². The zero-order valence-corrected chi connectivity index (χ0v) is 14.6. The molecule has 0 saturated heterocycles. The number of rotatable bonds is 4. The van der Waals surface area contributed by atoms with E-state index in [4.69, 9.17) is 0 Å². The lowest BCUT2D eigenvalue weighted by atomic mass is 9.99. The average Bonchev–Trinajstić information content (AvgIpc) is 3.38. The predicted molar refractivity (Wildman–Crippen MR) is 91.4 cm³/mol. The molecule has 1 fully saturated rings. The zero-order chi connectivity index (χ0) is 19.2. The standard InChI is InChI=1S/C19H20F3N3O2/c20-19(21,22)14-6-1-12(2-7-14)3-8-15-16-11-23-17(13-4-5-13)24(16)9-10-25(15)18(26)27/h1-2,6-7,11,13,15H,3-5,8-10H2,(H,26,27). The van der Waals surface area contributed by atoms with Crippen molar-refractivity contribution >= 4 is 6.09 Å². The van der Waals surface area contributed by atoms with Crippen LogP contribution in [-0.2, 0) is 19.1 Å². The number of benzene rings is 1. The quantitative estimate of drug-likeness (QED) is 0.854. The molecule has 1 unspecified atom stereocenters. The number of imidazole rings is 1. The SMILES string of the molecule is O=C(O)N1CCn2c(cnc2C2CC2)C1CCc1ccc(C(F)(F)F)cc1. The van der Waals surface area contributed by atoms with Gasteiger partial charge >= 0.3 is 12.3 Å². The predicted octanol–water partition coefficient (Wildman–Crippen LogP) is 4.45. The second-order valence-corrected chi connectivity index (χ2v) is 7.19. The van der Waals surface area contributed by atoms with E-state index in [9.17, 15) is 23.1 Å². The van der Waals surface area contributed by atoms with Gasteiger partial charge in [-0.1, -0.05) is 12.1 Å². The molecule has 0 bridgehead atoms. The Kier molecular flexibility index (Phi) is 4.36. The summed E-state index contributed by atoms with van der Waals surface area (Å²) in [7, 11) is 0.